The molecule has 10 aliphatic rings. The molecule has 0 aliphatic heterocycles. The highest BCUT2D eigenvalue weighted by molar-refractivity contribution is 5.79. The Morgan fingerprint density at radius 2 is 0.927 bits per heavy atom. The summed E-state index contributed by atoms with van der Waals surface area (Å²) in [6.45, 7) is 35.5. The molecule has 10 heteroatoms. The number of aromatic nitrogens is 2. The first-order valence-electron chi connectivity index (χ1n) is 33.7. The number of fused-ring (bicyclic) bond motifs is 14. The van der Waals surface area contributed by atoms with E-state index in [-0.39, 0.29) is 115 Å². The molecule has 1 aromatic rings. The number of hydrogen-bond donors (Lipinski definition) is 2. The molecule has 0 spiro atoms. The van der Waals surface area contributed by atoms with Crippen LogP contribution in [0.5, 0.6) is 0 Å². The van der Waals surface area contributed by atoms with Gasteiger partial charge in [-0.3, -0.25) is 19.0 Å². The van der Waals surface area contributed by atoms with Crippen molar-refractivity contribution in [2.24, 2.45) is 100 Å². The van der Waals surface area contributed by atoms with Crippen LogP contribution in [0.25, 0.3) is 0 Å². The molecule has 0 amide bonds. The van der Waals surface area contributed by atoms with Crippen molar-refractivity contribution in [3.8, 4) is 0 Å². The Kier molecular flexibility index (Phi) is 15.0. The van der Waals surface area contributed by atoms with Gasteiger partial charge in [0.05, 0.1) is 36.3 Å². The monoisotopic (exact) mass is 1130 g/mol. The van der Waals surface area contributed by atoms with E-state index in [1.54, 1.807) is 10.8 Å². The SMILES string of the molecule is CC1(C)CC[C@]2(C(=O)OCCCCn3ccc(=O)n(CCCCOC(=O)[C@]45CCC(C)(C)C[C@H]4C4=CCC6[C@@]7(C)CC[C@H](O)C(C)(C)C7CC[C@@]6(C)[C@]4(C)CC5)c3=O)CC[C@]3(C)C(=CCC4[C@@]5(C)CC[C@H](O)C(C)(C)C5CC[C@]43C)[C@@H]2C1. The van der Waals surface area contributed by atoms with Crippen molar-refractivity contribution >= 4 is 11.9 Å². The summed E-state index contributed by atoms with van der Waals surface area (Å²) in [5.74, 6) is 2.31. The van der Waals surface area contributed by atoms with Crippen LogP contribution in [-0.2, 0) is 32.2 Å². The average Bonchev–Trinajstić information content (AvgIpc) is 0.846. The van der Waals surface area contributed by atoms with Crippen LogP contribution in [0, 0.1) is 100 Å². The van der Waals surface area contributed by atoms with Crippen LogP contribution in [0.15, 0.2) is 45.2 Å². The van der Waals surface area contributed by atoms with Gasteiger partial charge < -0.3 is 24.3 Å². The van der Waals surface area contributed by atoms with Gasteiger partial charge in [-0.1, -0.05) is 120 Å². The summed E-state index contributed by atoms with van der Waals surface area (Å²) in [6.07, 6.45) is 28.7. The number of aryl methyl sites for hydroxylation is 1. The van der Waals surface area contributed by atoms with Gasteiger partial charge in [0.15, 0.2) is 0 Å². The number of unbranched alkanes of at least 4 members (excludes halogenated alkanes) is 2. The summed E-state index contributed by atoms with van der Waals surface area (Å²) in [5.41, 5.74) is 2.03. The number of aliphatic hydroxyl groups excluding tert-OH is 2. The highest BCUT2D eigenvalue weighted by Gasteiger charge is 2.72. The van der Waals surface area contributed by atoms with Crippen LogP contribution in [-0.4, -0.2) is 56.7 Å². The first kappa shape index (κ1) is 60.7. The maximum atomic E-state index is 14.7. The van der Waals surface area contributed by atoms with Gasteiger partial charge in [0.1, 0.15) is 0 Å². The Bertz CT molecular complexity index is 2850. The second kappa shape index (κ2) is 20.3. The Labute approximate surface area is 494 Å². The summed E-state index contributed by atoms with van der Waals surface area (Å²) in [4.78, 5) is 56.5. The number of allylic oxidation sites excluding steroid dienone is 4. The Morgan fingerprint density at radius 1 is 0.512 bits per heavy atom. The number of esters is 2. The van der Waals surface area contributed by atoms with Gasteiger partial charge in [-0.25, -0.2) is 4.79 Å². The highest BCUT2D eigenvalue weighted by atomic mass is 16.5. The standard InChI is InChI=1S/C72H112N2O8/c1-61(2)32-36-71(38-34-67(11)47(49(71)45-61)19-21-53-65(9)28-25-55(75)63(5,6)51(65)23-30-69(53,67)13)58(78)81-43-17-15-40-73-42-27-57(77)74(60(73)80)41-16-18-44-82-59(79)72-37-33-62(3,4)46-50(72)48-20-22-54-66(10)29-26-56(76)64(7,8)52(66)24-31-70(54,14)68(48,12)35-39-72/h19-20,27,42,49-56,75-76H,15-18,21-26,28-41,43-46H2,1-14H3/t49-,50-,51?,52?,53?,54?,55-,56-,65-,66-,67+,68+,69+,70+,71-,72-/m0/s1. The van der Waals surface area contributed by atoms with Gasteiger partial charge in [-0.2, -0.15) is 0 Å². The third-order valence-corrected chi connectivity index (χ3v) is 29.2. The van der Waals surface area contributed by atoms with Gasteiger partial charge in [-0.05, 0) is 244 Å². The fraction of sp³-hybridized carbons (Fsp3) is 0.861. The predicted molar refractivity (Wildman–Crippen MR) is 325 cm³/mol. The van der Waals surface area contributed by atoms with Crippen molar-refractivity contribution < 1.29 is 29.3 Å². The topological polar surface area (TPSA) is 137 Å². The second-order valence-corrected chi connectivity index (χ2v) is 34.5. The van der Waals surface area contributed by atoms with E-state index in [4.69, 9.17) is 9.47 Å². The Hall–Kier alpha value is -2.98. The molecule has 4 unspecified atom stereocenters. The molecular weight excluding hydrogens is 1020 g/mol. The minimum absolute atomic E-state index is 0.000683. The largest absolute Gasteiger partial charge is 0.465 e. The number of aliphatic hydroxyl groups is 2. The fourth-order valence-electron chi connectivity index (χ4n) is 23.5. The van der Waals surface area contributed by atoms with Crippen LogP contribution in [0.2, 0.25) is 0 Å². The van der Waals surface area contributed by atoms with Crippen LogP contribution in [0.3, 0.4) is 0 Å². The summed E-state index contributed by atoms with van der Waals surface area (Å²) in [5, 5.41) is 22.4. The third kappa shape index (κ3) is 8.87. The minimum atomic E-state index is -0.536. The quantitative estimate of drug-likeness (QED) is 0.120. The predicted octanol–water partition coefficient (Wildman–Crippen LogP) is 15.0. The zero-order chi connectivity index (χ0) is 59.3. The summed E-state index contributed by atoms with van der Waals surface area (Å²) in [6, 6.07) is 1.48. The van der Waals surface area contributed by atoms with Crippen molar-refractivity contribution in [2.45, 2.75) is 276 Å². The molecule has 16 atom stereocenters. The summed E-state index contributed by atoms with van der Waals surface area (Å²) < 4.78 is 15.6. The lowest BCUT2D eigenvalue weighted by Gasteiger charge is -2.71. The zero-order valence-corrected chi connectivity index (χ0v) is 54.0. The van der Waals surface area contributed by atoms with E-state index in [0.29, 0.717) is 62.5 Å². The van der Waals surface area contributed by atoms with E-state index in [9.17, 15) is 29.4 Å². The van der Waals surface area contributed by atoms with Crippen molar-refractivity contribution in [1.29, 1.82) is 0 Å². The Balaban J connectivity index is 0.692. The van der Waals surface area contributed by atoms with E-state index in [1.807, 2.05) is 0 Å². The van der Waals surface area contributed by atoms with E-state index < -0.39 is 10.8 Å². The lowest BCUT2D eigenvalue weighted by atomic mass is 9.33. The third-order valence-electron chi connectivity index (χ3n) is 29.2. The molecule has 0 saturated heterocycles. The molecule has 8 fully saturated rings. The summed E-state index contributed by atoms with van der Waals surface area (Å²) in [7, 11) is 0. The van der Waals surface area contributed by atoms with Gasteiger partial charge in [0.2, 0.25) is 0 Å². The van der Waals surface area contributed by atoms with Crippen LogP contribution < -0.4 is 11.2 Å². The van der Waals surface area contributed by atoms with Crippen LogP contribution >= 0.6 is 0 Å². The van der Waals surface area contributed by atoms with Crippen molar-refractivity contribution in [2.75, 3.05) is 13.2 Å². The number of carbonyl (C=O) groups excluding carboxylic acids is 2. The van der Waals surface area contributed by atoms with E-state index in [2.05, 4.69) is 109 Å². The number of rotatable bonds is 12. The molecule has 2 N–H and O–H groups in total. The molecule has 1 heterocycles. The second-order valence-electron chi connectivity index (χ2n) is 34.5. The summed E-state index contributed by atoms with van der Waals surface area (Å²) >= 11 is 0. The molecular formula is C72H112N2O8. The van der Waals surface area contributed by atoms with Gasteiger partial charge in [0.25, 0.3) is 5.56 Å². The number of nitrogens with zero attached hydrogens (tertiary/aromatic N) is 2. The van der Waals surface area contributed by atoms with E-state index >= 15 is 0 Å². The van der Waals surface area contributed by atoms with Crippen LogP contribution in [0.1, 0.15) is 251 Å². The molecule has 82 heavy (non-hydrogen) atoms. The lowest BCUT2D eigenvalue weighted by molar-refractivity contribution is -0.206. The van der Waals surface area contributed by atoms with Gasteiger partial charge in [0, 0.05) is 25.4 Å². The van der Waals surface area contributed by atoms with Gasteiger partial charge in [-0.15, -0.1) is 0 Å². The number of ether oxygens (including phenoxy) is 2. The molecule has 10 nitrogen and oxygen atoms in total. The van der Waals surface area contributed by atoms with Crippen molar-refractivity contribution in [3.05, 3.63) is 56.4 Å². The first-order valence-corrected chi connectivity index (χ1v) is 33.7. The molecule has 0 bridgehead atoms. The smallest absolute Gasteiger partial charge is 0.330 e. The number of hydrogen-bond acceptors (Lipinski definition) is 8. The fourth-order valence-corrected chi connectivity index (χ4v) is 23.5. The molecule has 1 aromatic heterocycles. The van der Waals surface area contributed by atoms with E-state index in [1.165, 1.54) is 28.2 Å². The lowest BCUT2D eigenvalue weighted by Crippen LogP contribution is -2.65. The minimum Gasteiger partial charge on any atom is -0.465 e. The van der Waals surface area contributed by atoms with E-state index in [0.717, 1.165) is 122 Å². The average molecular weight is 1130 g/mol. The van der Waals surface area contributed by atoms with Gasteiger partial charge >= 0.3 is 17.6 Å². The van der Waals surface area contributed by atoms with Crippen molar-refractivity contribution in [3.63, 3.8) is 0 Å². The molecule has 0 radical (unpaired) electrons. The zero-order valence-electron chi connectivity index (χ0n) is 54.0. The molecule has 10 aliphatic carbocycles. The molecule has 458 valence electrons. The maximum absolute atomic E-state index is 14.7. The highest BCUT2D eigenvalue weighted by Crippen LogP contribution is 2.78. The van der Waals surface area contributed by atoms with Crippen LogP contribution in [0.4, 0.5) is 0 Å². The number of carbonyl (C=O) groups is 2. The maximum Gasteiger partial charge on any atom is 0.330 e. The normalized spacial score (nSPS) is 44.6. The van der Waals surface area contributed by atoms with Crippen molar-refractivity contribution in [1.82, 2.24) is 9.13 Å². The molecule has 8 saturated carbocycles. The first-order chi connectivity index (χ1) is 38.2. The Morgan fingerprint density at radius 3 is 1.37 bits per heavy atom. The molecule has 11 rings (SSSR count). The molecule has 0 aromatic carbocycles.